The van der Waals surface area contributed by atoms with E-state index in [0.717, 1.165) is 35.6 Å². The fourth-order valence-electron chi connectivity index (χ4n) is 3.27. The molecule has 114 valence electrons. The van der Waals surface area contributed by atoms with Crippen LogP contribution in [0.25, 0.3) is 11.1 Å². The first-order chi connectivity index (χ1) is 10.7. The van der Waals surface area contributed by atoms with E-state index in [-0.39, 0.29) is 0 Å². The van der Waals surface area contributed by atoms with E-state index in [4.69, 9.17) is 27.9 Å². The van der Waals surface area contributed by atoms with Crippen molar-refractivity contribution in [3.8, 4) is 16.9 Å². The van der Waals surface area contributed by atoms with Crippen molar-refractivity contribution in [1.29, 1.82) is 0 Å². The highest BCUT2D eigenvalue weighted by Gasteiger charge is 2.30. The smallest absolute Gasteiger partial charge is 0.130 e. The zero-order valence-electron chi connectivity index (χ0n) is 12.3. The van der Waals surface area contributed by atoms with Gasteiger partial charge in [0.15, 0.2) is 0 Å². The second-order valence-electron chi connectivity index (χ2n) is 6.38. The van der Waals surface area contributed by atoms with Gasteiger partial charge in [-0.2, -0.15) is 0 Å². The lowest BCUT2D eigenvalue weighted by molar-refractivity contribution is 0.158. The lowest BCUT2D eigenvalue weighted by Crippen LogP contribution is -2.23. The first-order valence-electron chi connectivity index (χ1n) is 7.94. The fraction of sp³-hybridized carbons (Fsp3) is 0.368. The molecule has 22 heavy (non-hydrogen) atoms. The Morgan fingerprint density at radius 1 is 1.00 bits per heavy atom. The number of para-hydroxylation sites is 1. The Labute approximate surface area is 141 Å². The summed E-state index contributed by atoms with van der Waals surface area (Å²) in [5.74, 6) is 1.90. The standard InChI is InChI=1S/C19H18Cl2O/c20-14-7-9-16(18(21)11-14)17-3-1-2-13-6-8-15(22-19(13)17)10-12-4-5-12/h1-3,7,9,11-12,15H,4-6,8,10H2/t15-/m0/s1. The molecule has 1 aliphatic heterocycles. The monoisotopic (exact) mass is 332 g/mol. The minimum Gasteiger partial charge on any atom is -0.489 e. The van der Waals surface area contributed by atoms with E-state index in [1.54, 1.807) is 6.07 Å². The van der Waals surface area contributed by atoms with Crippen LogP contribution in [0.5, 0.6) is 5.75 Å². The molecular formula is C19H18Cl2O. The number of hydrogen-bond donors (Lipinski definition) is 0. The number of halogens is 2. The highest BCUT2D eigenvalue weighted by molar-refractivity contribution is 6.36. The van der Waals surface area contributed by atoms with Crippen molar-refractivity contribution in [2.45, 2.75) is 38.2 Å². The molecule has 1 fully saturated rings. The van der Waals surface area contributed by atoms with Gasteiger partial charge >= 0.3 is 0 Å². The van der Waals surface area contributed by atoms with Crippen molar-refractivity contribution in [2.24, 2.45) is 5.92 Å². The van der Waals surface area contributed by atoms with Crippen LogP contribution >= 0.6 is 23.2 Å². The Morgan fingerprint density at radius 2 is 1.86 bits per heavy atom. The van der Waals surface area contributed by atoms with E-state index in [2.05, 4.69) is 18.2 Å². The van der Waals surface area contributed by atoms with Gasteiger partial charge in [-0.05, 0) is 42.9 Å². The average Bonchev–Trinajstić information content (AvgIpc) is 3.31. The van der Waals surface area contributed by atoms with Crippen LogP contribution < -0.4 is 4.74 Å². The maximum absolute atomic E-state index is 6.40. The third-order valence-electron chi connectivity index (χ3n) is 4.63. The molecule has 1 nitrogen and oxygen atoms in total. The van der Waals surface area contributed by atoms with E-state index >= 15 is 0 Å². The van der Waals surface area contributed by atoms with Gasteiger partial charge in [0, 0.05) is 16.1 Å². The van der Waals surface area contributed by atoms with Crippen molar-refractivity contribution in [3.05, 3.63) is 52.0 Å². The summed E-state index contributed by atoms with van der Waals surface area (Å²) in [6, 6.07) is 12.0. The van der Waals surface area contributed by atoms with Crippen LogP contribution in [0.4, 0.5) is 0 Å². The number of rotatable bonds is 3. The predicted octanol–water partition coefficient (Wildman–Crippen LogP) is 6.15. The topological polar surface area (TPSA) is 9.23 Å². The molecule has 1 heterocycles. The summed E-state index contributed by atoms with van der Waals surface area (Å²) in [4.78, 5) is 0. The molecule has 0 unspecified atom stereocenters. The zero-order chi connectivity index (χ0) is 15.1. The Balaban J connectivity index is 1.71. The van der Waals surface area contributed by atoms with Crippen LogP contribution in [0.2, 0.25) is 10.0 Å². The van der Waals surface area contributed by atoms with Crippen LogP contribution in [0.1, 0.15) is 31.2 Å². The molecule has 0 bridgehead atoms. The SMILES string of the molecule is Clc1ccc(-c2cccc3c2O[C@H](CC2CC2)CC3)c(Cl)c1. The maximum Gasteiger partial charge on any atom is 0.130 e. The first-order valence-corrected chi connectivity index (χ1v) is 8.70. The molecule has 1 atom stereocenters. The molecule has 0 radical (unpaired) electrons. The third kappa shape index (κ3) is 2.85. The van der Waals surface area contributed by atoms with Crippen molar-refractivity contribution in [3.63, 3.8) is 0 Å². The van der Waals surface area contributed by atoms with Gasteiger partial charge in [0.25, 0.3) is 0 Å². The fourth-order valence-corrected chi connectivity index (χ4v) is 3.78. The highest BCUT2D eigenvalue weighted by atomic mass is 35.5. The number of benzene rings is 2. The molecule has 0 N–H and O–H groups in total. The van der Waals surface area contributed by atoms with Crippen molar-refractivity contribution in [2.75, 3.05) is 0 Å². The van der Waals surface area contributed by atoms with Gasteiger partial charge in [0.1, 0.15) is 5.75 Å². The van der Waals surface area contributed by atoms with Gasteiger partial charge in [-0.1, -0.05) is 60.3 Å². The average molecular weight is 333 g/mol. The summed E-state index contributed by atoms with van der Waals surface area (Å²) in [5, 5.41) is 1.33. The van der Waals surface area contributed by atoms with Crippen LogP contribution in [0.3, 0.4) is 0 Å². The molecule has 0 saturated heterocycles. The molecule has 0 aromatic heterocycles. The number of fused-ring (bicyclic) bond motifs is 1. The molecule has 2 aromatic carbocycles. The Bertz CT molecular complexity index is 707. The Hall–Kier alpha value is -1.18. The summed E-state index contributed by atoms with van der Waals surface area (Å²) < 4.78 is 6.36. The normalized spacial score (nSPS) is 20.4. The minimum absolute atomic E-state index is 0.354. The lowest BCUT2D eigenvalue weighted by Gasteiger charge is -2.28. The largest absolute Gasteiger partial charge is 0.489 e. The molecule has 2 aromatic rings. The van der Waals surface area contributed by atoms with Crippen molar-refractivity contribution < 1.29 is 4.74 Å². The number of ether oxygens (including phenoxy) is 1. The predicted molar refractivity (Wildman–Crippen MR) is 92.0 cm³/mol. The highest BCUT2D eigenvalue weighted by Crippen LogP contribution is 2.43. The Morgan fingerprint density at radius 3 is 2.64 bits per heavy atom. The molecule has 1 aliphatic carbocycles. The number of hydrogen-bond acceptors (Lipinski definition) is 1. The van der Waals surface area contributed by atoms with E-state index in [9.17, 15) is 0 Å². The second kappa shape index (κ2) is 5.79. The summed E-state index contributed by atoms with van der Waals surface area (Å²) in [7, 11) is 0. The van der Waals surface area contributed by atoms with Gasteiger partial charge in [-0.15, -0.1) is 0 Å². The van der Waals surface area contributed by atoms with E-state index < -0.39 is 0 Å². The quantitative estimate of drug-likeness (QED) is 0.654. The van der Waals surface area contributed by atoms with Gasteiger partial charge in [0.2, 0.25) is 0 Å². The molecule has 2 aliphatic rings. The van der Waals surface area contributed by atoms with Gasteiger partial charge in [-0.3, -0.25) is 0 Å². The first kappa shape index (κ1) is 14.4. The molecule has 3 heteroatoms. The third-order valence-corrected chi connectivity index (χ3v) is 5.18. The van der Waals surface area contributed by atoms with E-state index in [0.29, 0.717) is 16.1 Å². The Kier molecular flexibility index (Phi) is 3.79. The van der Waals surface area contributed by atoms with Crippen LogP contribution in [-0.2, 0) is 6.42 Å². The number of aryl methyl sites for hydroxylation is 1. The summed E-state index contributed by atoms with van der Waals surface area (Å²) >= 11 is 12.4. The van der Waals surface area contributed by atoms with Crippen molar-refractivity contribution in [1.82, 2.24) is 0 Å². The van der Waals surface area contributed by atoms with E-state index in [1.807, 2.05) is 12.1 Å². The van der Waals surface area contributed by atoms with Gasteiger partial charge in [0.05, 0.1) is 11.1 Å². The van der Waals surface area contributed by atoms with Crippen molar-refractivity contribution >= 4 is 23.2 Å². The van der Waals surface area contributed by atoms with E-state index in [1.165, 1.54) is 24.8 Å². The minimum atomic E-state index is 0.354. The molecule has 1 saturated carbocycles. The zero-order valence-corrected chi connectivity index (χ0v) is 13.8. The maximum atomic E-state index is 6.40. The summed E-state index contributed by atoms with van der Waals surface area (Å²) in [5.41, 5.74) is 3.37. The van der Waals surface area contributed by atoms with Crippen LogP contribution in [-0.4, -0.2) is 6.10 Å². The lowest BCUT2D eigenvalue weighted by atomic mass is 9.94. The van der Waals surface area contributed by atoms with Gasteiger partial charge < -0.3 is 4.74 Å². The molecule has 4 rings (SSSR count). The van der Waals surface area contributed by atoms with Gasteiger partial charge in [-0.25, -0.2) is 0 Å². The summed E-state index contributed by atoms with van der Waals surface area (Å²) in [6.45, 7) is 0. The molecule has 0 spiro atoms. The second-order valence-corrected chi connectivity index (χ2v) is 7.22. The molecule has 0 amide bonds. The van der Waals surface area contributed by atoms with Crippen LogP contribution in [0, 0.1) is 5.92 Å². The van der Waals surface area contributed by atoms with Crippen LogP contribution in [0.15, 0.2) is 36.4 Å². The summed E-state index contributed by atoms with van der Waals surface area (Å²) in [6.07, 6.45) is 6.51. The molecular weight excluding hydrogens is 315 g/mol.